The normalized spacial score (nSPS) is 19.2. The molecule has 3 rings (SSSR count). The Morgan fingerprint density at radius 2 is 2.19 bits per heavy atom. The zero-order valence-corrected chi connectivity index (χ0v) is 12.5. The molecule has 0 saturated carbocycles. The molecule has 1 aliphatic rings. The van der Waals surface area contributed by atoms with Crippen molar-refractivity contribution in [3.63, 3.8) is 0 Å². The van der Waals surface area contributed by atoms with E-state index in [-0.39, 0.29) is 0 Å². The van der Waals surface area contributed by atoms with Crippen LogP contribution in [0.15, 0.2) is 34.9 Å². The van der Waals surface area contributed by atoms with Crippen molar-refractivity contribution in [3.05, 3.63) is 47.6 Å². The molecule has 21 heavy (non-hydrogen) atoms. The van der Waals surface area contributed by atoms with Gasteiger partial charge in [0.15, 0.2) is 5.82 Å². The van der Waals surface area contributed by atoms with E-state index in [0.717, 1.165) is 37.8 Å². The van der Waals surface area contributed by atoms with Crippen LogP contribution in [-0.2, 0) is 13.0 Å². The lowest BCUT2D eigenvalue weighted by atomic mass is 10.1. The fourth-order valence-electron chi connectivity index (χ4n) is 2.95. The van der Waals surface area contributed by atoms with Crippen LogP contribution in [0.5, 0.6) is 0 Å². The molecule has 1 unspecified atom stereocenters. The summed E-state index contributed by atoms with van der Waals surface area (Å²) in [4.78, 5) is 6.95. The minimum atomic E-state index is 0.583. The standard InChI is InChI=1S/C16H22N4O/c1-17-11-14-8-5-9-20(14)12-16-18-15(19-21-16)10-13-6-3-2-4-7-13/h2-4,6-7,14,17H,5,8-12H2,1H3. The van der Waals surface area contributed by atoms with E-state index < -0.39 is 0 Å². The predicted molar refractivity (Wildman–Crippen MR) is 80.9 cm³/mol. The van der Waals surface area contributed by atoms with Crippen LogP contribution in [0, 0.1) is 0 Å². The number of hydrogen-bond donors (Lipinski definition) is 1. The molecule has 1 atom stereocenters. The van der Waals surface area contributed by atoms with E-state index in [1.54, 1.807) is 0 Å². The van der Waals surface area contributed by atoms with Gasteiger partial charge in [-0.1, -0.05) is 35.5 Å². The lowest BCUT2D eigenvalue weighted by molar-refractivity contribution is 0.209. The highest BCUT2D eigenvalue weighted by Crippen LogP contribution is 2.19. The van der Waals surface area contributed by atoms with Crippen LogP contribution in [0.4, 0.5) is 0 Å². The summed E-state index contributed by atoms with van der Waals surface area (Å²) in [7, 11) is 2.00. The Balaban J connectivity index is 1.60. The Morgan fingerprint density at radius 3 is 3.00 bits per heavy atom. The van der Waals surface area contributed by atoms with Gasteiger partial charge in [-0.3, -0.25) is 4.90 Å². The largest absolute Gasteiger partial charge is 0.338 e. The number of hydrogen-bond acceptors (Lipinski definition) is 5. The van der Waals surface area contributed by atoms with Gasteiger partial charge in [-0.15, -0.1) is 0 Å². The molecule has 112 valence electrons. The third-order valence-electron chi connectivity index (χ3n) is 3.99. The smallest absolute Gasteiger partial charge is 0.240 e. The van der Waals surface area contributed by atoms with Crippen molar-refractivity contribution >= 4 is 0 Å². The first-order chi connectivity index (χ1) is 10.3. The van der Waals surface area contributed by atoms with Gasteiger partial charge in [-0.2, -0.15) is 4.98 Å². The molecule has 0 bridgehead atoms. The van der Waals surface area contributed by atoms with E-state index >= 15 is 0 Å². The van der Waals surface area contributed by atoms with Crippen LogP contribution < -0.4 is 5.32 Å². The lowest BCUT2D eigenvalue weighted by Gasteiger charge is -2.22. The minimum Gasteiger partial charge on any atom is -0.338 e. The number of benzene rings is 1. The van der Waals surface area contributed by atoms with Gasteiger partial charge in [0.1, 0.15) is 0 Å². The van der Waals surface area contributed by atoms with Crippen LogP contribution >= 0.6 is 0 Å². The molecular formula is C16H22N4O. The first-order valence-corrected chi connectivity index (χ1v) is 7.59. The van der Waals surface area contributed by atoms with E-state index in [9.17, 15) is 0 Å². The molecular weight excluding hydrogens is 264 g/mol. The summed E-state index contributed by atoms with van der Waals surface area (Å²) >= 11 is 0. The van der Waals surface area contributed by atoms with Crippen molar-refractivity contribution in [1.29, 1.82) is 0 Å². The third-order valence-corrected chi connectivity index (χ3v) is 3.99. The second-order valence-electron chi connectivity index (χ2n) is 5.59. The van der Waals surface area contributed by atoms with Crippen molar-refractivity contribution in [2.75, 3.05) is 20.1 Å². The highest BCUT2D eigenvalue weighted by molar-refractivity contribution is 5.18. The third kappa shape index (κ3) is 3.68. The van der Waals surface area contributed by atoms with Crippen LogP contribution in [0.25, 0.3) is 0 Å². The van der Waals surface area contributed by atoms with Crippen molar-refractivity contribution in [1.82, 2.24) is 20.4 Å². The van der Waals surface area contributed by atoms with Crippen molar-refractivity contribution in [2.24, 2.45) is 0 Å². The molecule has 2 heterocycles. The average Bonchev–Trinajstić information content (AvgIpc) is 3.11. The van der Waals surface area contributed by atoms with Crippen LogP contribution in [0.1, 0.15) is 30.1 Å². The van der Waals surface area contributed by atoms with E-state index in [4.69, 9.17) is 4.52 Å². The van der Waals surface area contributed by atoms with Gasteiger partial charge in [-0.05, 0) is 32.0 Å². The highest BCUT2D eigenvalue weighted by Gasteiger charge is 2.25. The van der Waals surface area contributed by atoms with E-state index in [2.05, 4.69) is 32.5 Å². The molecule has 0 spiro atoms. The van der Waals surface area contributed by atoms with E-state index in [1.165, 1.54) is 18.4 Å². The first-order valence-electron chi connectivity index (χ1n) is 7.59. The second kappa shape index (κ2) is 6.83. The molecule has 5 nitrogen and oxygen atoms in total. The molecule has 1 saturated heterocycles. The quantitative estimate of drug-likeness (QED) is 0.878. The molecule has 1 aliphatic heterocycles. The molecule has 1 fully saturated rings. The zero-order chi connectivity index (χ0) is 14.5. The molecule has 0 aliphatic carbocycles. The van der Waals surface area contributed by atoms with Crippen LogP contribution in [0.3, 0.4) is 0 Å². The Bertz CT molecular complexity index is 554. The fraction of sp³-hybridized carbons (Fsp3) is 0.500. The maximum absolute atomic E-state index is 5.40. The van der Waals surface area contributed by atoms with Crippen LogP contribution in [0.2, 0.25) is 0 Å². The average molecular weight is 286 g/mol. The summed E-state index contributed by atoms with van der Waals surface area (Å²) in [5.41, 5.74) is 1.21. The second-order valence-corrected chi connectivity index (χ2v) is 5.59. The van der Waals surface area contributed by atoms with Gasteiger partial charge in [-0.25, -0.2) is 0 Å². The summed E-state index contributed by atoms with van der Waals surface area (Å²) in [5.74, 6) is 1.49. The van der Waals surface area contributed by atoms with Gasteiger partial charge in [0.25, 0.3) is 0 Å². The monoisotopic (exact) mass is 286 g/mol. The molecule has 2 aromatic rings. The SMILES string of the molecule is CNCC1CCCN1Cc1nc(Cc2ccccc2)no1. The van der Waals surface area contributed by atoms with Gasteiger partial charge >= 0.3 is 0 Å². The van der Waals surface area contributed by atoms with Gasteiger partial charge in [0.05, 0.1) is 6.54 Å². The summed E-state index contributed by atoms with van der Waals surface area (Å²) in [6, 6.07) is 10.8. The van der Waals surface area contributed by atoms with Crippen molar-refractivity contribution in [2.45, 2.75) is 31.8 Å². The number of rotatable bonds is 6. The Morgan fingerprint density at radius 1 is 1.33 bits per heavy atom. The van der Waals surface area contributed by atoms with Gasteiger partial charge in [0, 0.05) is 19.0 Å². The Kier molecular flexibility index (Phi) is 4.62. The van der Waals surface area contributed by atoms with Crippen molar-refractivity contribution < 1.29 is 4.52 Å². The lowest BCUT2D eigenvalue weighted by Crippen LogP contribution is -2.36. The van der Waals surface area contributed by atoms with E-state index in [1.807, 2.05) is 25.2 Å². The molecule has 1 aromatic carbocycles. The predicted octanol–water partition coefficient (Wildman–Crippen LogP) is 1.84. The topological polar surface area (TPSA) is 54.2 Å². The van der Waals surface area contributed by atoms with Crippen molar-refractivity contribution in [3.8, 4) is 0 Å². The number of nitrogens with zero attached hydrogens (tertiary/aromatic N) is 3. The first kappa shape index (κ1) is 14.2. The maximum atomic E-state index is 5.40. The summed E-state index contributed by atoms with van der Waals surface area (Å²) in [6.45, 7) is 2.89. The summed E-state index contributed by atoms with van der Waals surface area (Å²) < 4.78 is 5.40. The molecule has 0 amide bonds. The number of likely N-dealkylation sites (N-methyl/N-ethyl adjacent to an activating group) is 1. The number of nitrogens with one attached hydrogen (secondary N) is 1. The van der Waals surface area contributed by atoms with Gasteiger partial charge < -0.3 is 9.84 Å². The molecule has 0 radical (unpaired) electrons. The molecule has 1 aromatic heterocycles. The minimum absolute atomic E-state index is 0.583. The molecule has 5 heteroatoms. The maximum Gasteiger partial charge on any atom is 0.240 e. The fourth-order valence-corrected chi connectivity index (χ4v) is 2.95. The Labute approximate surface area is 125 Å². The van der Waals surface area contributed by atoms with Crippen LogP contribution in [-0.4, -0.2) is 41.2 Å². The Hall–Kier alpha value is -1.72. The van der Waals surface area contributed by atoms with Gasteiger partial charge in [0.2, 0.25) is 5.89 Å². The molecule has 1 N–H and O–H groups in total. The summed E-state index contributed by atoms with van der Waals surface area (Å²) in [5, 5.41) is 7.35. The highest BCUT2D eigenvalue weighted by atomic mass is 16.5. The summed E-state index contributed by atoms with van der Waals surface area (Å²) in [6.07, 6.45) is 3.22. The zero-order valence-electron chi connectivity index (χ0n) is 12.5. The number of likely N-dealkylation sites (tertiary alicyclic amines) is 1. The van der Waals surface area contributed by atoms with E-state index in [0.29, 0.717) is 6.04 Å². The number of aromatic nitrogens is 2.